The van der Waals surface area contributed by atoms with Crippen molar-refractivity contribution in [2.75, 3.05) is 0 Å². The molecule has 0 aliphatic carbocycles. The van der Waals surface area contributed by atoms with E-state index in [0.717, 1.165) is 12.0 Å². The van der Waals surface area contributed by atoms with Crippen LogP contribution in [0.25, 0.3) is 0 Å². The maximum atomic E-state index is 11.8. The lowest BCUT2D eigenvalue weighted by molar-refractivity contribution is -0.137. The normalized spacial score (nSPS) is 11.8. The van der Waals surface area contributed by atoms with Crippen LogP contribution in [0.3, 0.4) is 0 Å². The molecule has 1 aromatic rings. The van der Waals surface area contributed by atoms with Gasteiger partial charge in [0.1, 0.15) is 0 Å². The highest BCUT2D eigenvalue weighted by molar-refractivity contribution is 5.78. The summed E-state index contributed by atoms with van der Waals surface area (Å²) in [7, 11) is 0. The van der Waals surface area contributed by atoms with E-state index in [1.165, 1.54) is 0 Å². The molecule has 98 valence electrons. The summed E-state index contributed by atoms with van der Waals surface area (Å²) in [6, 6.07) is 9.44. The number of carbonyl (C=O) groups is 2. The van der Waals surface area contributed by atoms with E-state index in [9.17, 15) is 9.59 Å². The van der Waals surface area contributed by atoms with Gasteiger partial charge in [0.15, 0.2) is 0 Å². The van der Waals surface area contributed by atoms with Crippen LogP contribution in [0, 0.1) is 0 Å². The summed E-state index contributed by atoms with van der Waals surface area (Å²) in [4.78, 5) is 22.3. The van der Waals surface area contributed by atoms with Gasteiger partial charge in [0.25, 0.3) is 0 Å². The summed E-state index contributed by atoms with van der Waals surface area (Å²) >= 11 is 0. The van der Waals surface area contributed by atoms with E-state index in [1.807, 2.05) is 37.3 Å². The summed E-state index contributed by atoms with van der Waals surface area (Å²) < 4.78 is 0. The molecule has 2 N–H and O–H groups in total. The monoisotopic (exact) mass is 249 g/mol. The number of hydrogen-bond donors (Lipinski definition) is 2. The van der Waals surface area contributed by atoms with Gasteiger partial charge in [-0.25, -0.2) is 0 Å². The molecule has 18 heavy (non-hydrogen) atoms. The first-order valence-electron chi connectivity index (χ1n) is 6.17. The molecule has 1 atom stereocenters. The number of rotatable bonds is 7. The molecule has 0 saturated heterocycles. The predicted octanol–water partition coefficient (Wildman–Crippen LogP) is 1.99. The third kappa shape index (κ3) is 5.48. The quantitative estimate of drug-likeness (QED) is 0.776. The van der Waals surface area contributed by atoms with Gasteiger partial charge >= 0.3 is 5.97 Å². The van der Waals surface area contributed by atoms with E-state index in [0.29, 0.717) is 12.8 Å². The average Bonchev–Trinajstić information content (AvgIpc) is 2.35. The fourth-order valence-electron chi connectivity index (χ4n) is 1.74. The highest BCUT2D eigenvalue weighted by atomic mass is 16.4. The third-order valence-electron chi connectivity index (χ3n) is 2.77. The van der Waals surface area contributed by atoms with E-state index < -0.39 is 5.97 Å². The molecule has 4 heteroatoms. The van der Waals surface area contributed by atoms with Crippen LogP contribution in [0.4, 0.5) is 0 Å². The zero-order valence-corrected chi connectivity index (χ0v) is 10.6. The first-order valence-corrected chi connectivity index (χ1v) is 6.17. The van der Waals surface area contributed by atoms with Gasteiger partial charge < -0.3 is 10.4 Å². The second-order valence-electron chi connectivity index (χ2n) is 4.27. The van der Waals surface area contributed by atoms with Crippen LogP contribution < -0.4 is 5.32 Å². The van der Waals surface area contributed by atoms with Gasteiger partial charge in [0, 0.05) is 12.5 Å². The van der Waals surface area contributed by atoms with Crippen molar-refractivity contribution in [2.24, 2.45) is 0 Å². The molecule has 0 fully saturated rings. The average molecular weight is 249 g/mol. The molecule has 0 aliphatic heterocycles. The van der Waals surface area contributed by atoms with Crippen LogP contribution in [-0.2, 0) is 16.0 Å². The number of carbonyl (C=O) groups excluding carboxylic acids is 1. The Morgan fingerprint density at radius 1 is 1.28 bits per heavy atom. The molecule has 0 aliphatic rings. The smallest absolute Gasteiger partial charge is 0.303 e. The first kappa shape index (κ1) is 14.2. The van der Waals surface area contributed by atoms with Gasteiger partial charge in [0.05, 0.1) is 6.42 Å². The van der Waals surface area contributed by atoms with E-state index >= 15 is 0 Å². The molecular formula is C14H19NO3. The van der Waals surface area contributed by atoms with Crippen molar-refractivity contribution in [3.05, 3.63) is 35.9 Å². The third-order valence-corrected chi connectivity index (χ3v) is 2.77. The standard InChI is InChI=1S/C14H19NO3/c1-2-12(8-9-14(17)18)15-13(16)10-11-6-4-3-5-7-11/h3-7,12H,2,8-10H2,1H3,(H,15,16)(H,17,18). The molecule has 1 amide bonds. The molecule has 4 nitrogen and oxygen atoms in total. The summed E-state index contributed by atoms with van der Waals surface area (Å²) in [5, 5.41) is 11.5. The van der Waals surface area contributed by atoms with E-state index in [1.54, 1.807) is 0 Å². The highest BCUT2D eigenvalue weighted by Crippen LogP contribution is 2.04. The minimum Gasteiger partial charge on any atom is -0.481 e. The predicted molar refractivity (Wildman–Crippen MR) is 69.2 cm³/mol. The number of nitrogens with one attached hydrogen (secondary N) is 1. The van der Waals surface area contributed by atoms with Crippen molar-refractivity contribution in [3.8, 4) is 0 Å². The van der Waals surface area contributed by atoms with Crippen molar-refractivity contribution in [1.29, 1.82) is 0 Å². The van der Waals surface area contributed by atoms with Crippen LogP contribution in [0.1, 0.15) is 31.7 Å². The minimum absolute atomic E-state index is 0.0570. The summed E-state index contributed by atoms with van der Waals surface area (Å²) in [6.07, 6.45) is 1.65. The Balaban J connectivity index is 2.40. The van der Waals surface area contributed by atoms with Gasteiger partial charge in [-0.3, -0.25) is 9.59 Å². The van der Waals surface area contributed by atoms with Crippen LogP contribution in [0.2, 0.25) is 0 Å². The minimum atomic E-state index is -0.828. The maximum Gasteiger partial charge on any atom is 0.303 e. The zero-order chi connectivity index (χ0) is 13.4. The molecule has 0 saturated carbocycles. The molecule has 1 rings (SSSR count). The van der Waals surface area contributed by atoms with Crippen LogP contribution in [-0.4, -0.2) is 23.0 Å². The second-order valence-corrected chi connectivity index (χ2v) is 4.27. The molecule has 0 radical (unpaired) electrons. The fraction of sp³-hybridized carbons (Fsp3) is 0.429. The summed E-state index contributed by atoms with van der Waals surface area (Å²) in [5.74, 6) is -0.885. The zero-order valence-electron chi connectivity index (χ0n) is 10.6. The van der Waals surface area contributed by atoms with Crippen LogP contribution in [0.15, 0.2) is 30.3 Å². The molecule has 0 heterocycles. The van der Waals surface area contributed by atoms with Crippen molar-refractivity contribution in [2.45, 2.75) is 38.6 Å². The number of carboxylic acids is 1. The molecule has 1 unspecified atom stereocenters. The lowest BCUT2D eigenvalue weighted by Crippen LogP contribution is -2.35. The van der Waals surface area contributed by atoms with Gasteiger partial charge in [-0.2, -0.15) is 0 Å². The topological polar surface area (TPSA) is 66.4 Å². The SMILES string of the molecule is CCC(CCC(=O)O)NC(=O)Cc1ccccc1. The Morgan fingerprint density at radius 2 is 1.94 bits per heavy atom. The number of carboxylic acid groups (broad SMARTS) is 1. The van der Waals surface area contributed by atoms with Gasteiger partial charge in [0.2, 0.25) is 5.91 Å². The summed E-state index contributed by atoms with van der Waals surface area (Å²) in [5.41, 5.74) is 0.961. The Bertz CT molecular complexity index is 389. The first-order chi connectivity index (χ1) is 8.61. The molecular weight excluding hydrogens is 230 g/mol. The second kappa shape index (κ2) is 7.48. The fourth-order valence-corrected chi connectivity index (χ4v) is 1.74. The number of hydrogen-bond acceptors (Lipinski definition) is 2. The van der Waals surface area contributed by atoms with Crippen molar-refractivity contribution in [3.63, 3.8) is 0 Å². The van der Waals surface area contributed by atoms with E-state index in [4.69, 9.17) is 5.11 Å². The Morgan fingerprint density at radius 3 is 2.50 bits per heavy atom. The molecule has 1 aromatic carbocycles. The number of aliphatic carboxylic acids is 1. The van der Waals surface area contributed by atoms with Gasteiger partial charge in [-0.1, -0.05) is 37.3 Å². The van der Waals surface area contributed by atoms with Crippen molar-refractivity contribution >= 4 is 11.9 Å². The number of benzene rings is 1. The molecule has 0 bridgehead atoms. The Kier molecular flexibility index (Phi) is 5.91. The Labute approximate surface area is 107 Å². The maximum absolute atomic E-state index is 11.8. The van der Waals surface area contributed by atoms with Crippen LogP contribution >= 0.6 is 0 Å². The largest absolute Gasteiger partial charge is 0.481 e. The molecule has 0 spiro atoms. The van der Waals surface area contributed by atoms with Crippen LogP contribution in [0.5, 0.6) is 0 Å². The van der Waals surface area contributed by atoms with Crippen molar-refractivity contribution in [1.82, 2.24) is 5.32 Å². The highest BCUT2D eigenvalue weighted by Gasteiger charge is 2.12. The summed E-state index contributed by atoms with van der Waals surface area (Å²) in [6.45, 7) is 1.94. The Hall–Kier alpha value is -1.84. The van der Waals surface area contributed by atoms with Gasteiger partial charge in [-0.15, -0.1) is 0 Å². The van der Waals surface area contributed by atoms with Crippen molar-refractivity contribution < 1.29 is 14.7 Å². The van der Waals surface area contributed by atoms with E-state index in [-0.39, 0.29) is 18.4 Å². The number of amides is 1. The lowest BCUT2D eigenvalue weighted by atomic mass is 10.1. The molecule has 0 aromatic heterocycles. The van der Waals surface area contributed by atoms with Gasteiger partial charge in [-0.05, 0) is 18.4 Å². The lowest BCUT2D eigenvalue weighted by Gasteiger charge is -2.15. The van der Waals surface area contributed by atoms with E-state index in [2.05, 4.69) is 5.32 Å².